The Morgan fingerprint density at radius 1 is 1.03 bits per heavy atom. The van der Waals surface area contributed by atoms with E-state index >= 15 is 0 Å². The van der Waals surface area contributed by atoms with Crippen LogP contribution in [-0.4, -0.2) is 71.0 Å². The highest BCUT2D eigenvalue weighted by molar-refractivity contribution is 7.90. The lowest BCUT2D eigenvalue weighted by Gasteiger charge is -2.36. The third-order valence-electron chi connectivity index (χ3n) is 6.25. The fourth-order valence-corrected chi connectivity index (χ4v) is 4.89. The number of sulfone groups is 1. The van der Waals surface area contributed by atoms with Crippen molar-refractivity contribution in [2.45, 2.75) is 30.0 Å². The highest BCUT2D eigenvalue weighted by Crippen LogP contribution is 2.33. The quantitative estimate of drug-likeness (QED) is 0.548. The lowest BCUT2D eigenvalue weighted by Crippen LogP contribution is -2.49. The van der Waals surface area contributed by atoms with Crippen LogP contribution in [0.4, 0.5) is 23.2 Å². The Labute approximate surface area is 206 Å². The zero-order valence-corrected chi connectivity index (χ0v) is 20.4. The number of alkyl halides is 3. The molecule has 2 saturated heterocycles. The Balaban J connectivity index is 1.51. The molecule has 0 aliphatic carbocycles. The average Bonchev–Trinajstić information content (AvgIpc) is 2.83. The molecule has 0 aromatic heterocycles. The first kappa shape index (κ1) is 26.2. The van der Waals surface area contributed by atoms with Crippen LogP contribution in [0.5, 0.6) is 5.75 Å². The monoisotopic (exact) mass is 530 g/mol. The molecule has 2 aliphatic heterocycles. The van der Waals surface area contributed by atoms with E-state index < -0.39 is 33.3 Å². The highest BCUT2D eigenvalue weighted by Gasteiger charge is 2.32. The summed E-state index contributed by atoms with van der Waals surface area (Å²) >= 11 is 0. The van der Waals surface area contributed by atoms with Crippen molar-refractivity contribution in [1.82, 2.24) is 4.90 Å². The number of piperazine rings is 1. The molecule has 0 atom stereocenters. The van der Waals surface area contributed by atoms with Crippen LogP contribution in [0, 0.1) is 5.82 Å². The highest BCUT2D eigenvalue weighted by atomic mass is 32.2. The van der Waals surface area contributed by atoms with Crippen LogP contribution >= 0.6 is 0 Å². The maximum atomic E-state index is 14.4. The standard InChI is InChI=1S/C24H26F4N2O5S/c1-36(32,33)18-3-5-22(35-17-6-12-34-13-7-17)19(15-18)23(31)30-10-8-29(9-11-30)21-4-2-16(14-20(21)25)24(26,27)28/h2-5,14-15,17H,6-13H2,1H3. The average molecular weight is 531 g/mol. The van der Waals surface area contributed by atoms with Crippen LogP contribution in [0.1, 0.15) is 28.8 Å². The van der Waals surface area contributed by atoms with Gasteiger partial charge in [0, 0.05) is 45.3 Å². The molecule has 1 amide bonds. The number of anilines is 1. The van der Waals surface area contributed by atoms with Gasteiger partial charge in [0.2, 0.25) is 0 Å². The molecule has 0 spiro atoms. The van der Waals surface area contributed by atoms with E-state index in [0.29, 0.717) is 32.1 Å². The first-order chi connectivity index (χ1) is 16.9. The van der Waals surface area contributed by atoms with E-state index in [1.807, 2.05) is 0 Å². The topological polar surface area (TPSA) is 76.2 Å². The molecule has 196 valence electrons. The molecule has 2 aromatic rings. The van der Waals surface area contributed by atoms with Gasteiger partial charge in [-0.2, -0.15) is 13.2 Å². The van der Waals surface area contributed by atoms with E-state index in [4.69, 9.17) is 9.47 Å². The second-order valence-corrected chi connectivity index (χ2v) is 10.8. The van der Waals surface area contributed by atoms with E-state index in [2.05, 4.69) is 0 Å². The van der Waals surface area contributed by atoms with Crippen LogP contribution in [-0.2, 0) is 20.8 Å². The minimum absolute atomic E-state index is 0.0179. The third-order valence-corrected chi connectivity index (χ3v) is 7.36. The van der Waals surface area contributed by atoms with Gasteiger partial charge in [0.05, 0.1) is 34.9 Å². The predicted octanol–water partition coefficient (Wildman–Crippen LogP) is 3.77. The van der Waals surface area contributed by atoms with Gasteiger partial charge in [-0.1, -0.05) is 0 Å². The molecule has 2 aliphatic rings. The number of carbonyl (C=O) groups is 1. The molecule has 0 N–H and O–H groups in total. The van der Waals surface area contributed by atoms with Gasteiger partial charge in [0.25, 0.3) is 5.91 Å². The minimum atomic E-state index is -4.64. The smallest absolute Gasteiger partial charge is 0.416 e. The first-order valence-electron chi connectivity index (χ1n) is 11.4. The van der Waals surface area contributed by atoms with Gasteiger partial charge >= 0.3 is 6.18 Å². The van der Waals surface area contributed by atoms with Crippen LogP contribution in [0.2, 0.25) is 0 Å². The van der Waals surface area contributed by atoms with Crippen molar-refractivity contribution < 1.29 is 40.2 Å². The molecule has 0 saturated carbocycles. The van der Waals surface area contributed by atoms with Crippen molar-refractivity contribution >= 4 is 21.4 Å². The van der Waals surface area contributed by atoms with Crippen molar-refractivity contribution in [3.05, 3.63) is 53.3 Å². The van der Waals surface area contributed by atoms with Gasteiger partial charge in [-0.3, -0.25) is 4.79 Å². The van der Waals surface area contributed by atoms with E-state index in [1.165, 1.54) is 23.1 Å². The minimum Gasteiger partial charge on any atom is -0.489 e. The number of amides is 1. The predicted molar refractivity (Wildman–Crippen MR) is 124 cm³/mol. The Bertz CT molecular complexity index is 1220. The largest absolute Gasteiger partial charge is 0.489 e. The Kier molecular flexibility index (Phi) is 7.46. The van der Waals surface area contributed by atoms with Crippen molar-refractivity contribution in [3.63, 3.8) is 0 Å². The lowest BCUT2D eigenvalue weighted by molar-refractivity contribution is -0.137. The number of halogens is 4. The molecule has 2 aromatic carbocycles. The molecular formula is C24H26F4N2O5S. The van der Waals surface area contributed by atoms with E-state index in [-0.39, 0.29) is 54.2 Å². The van der Waals surface area contributed by atoms with E-state index in [0.717, 1.165) is 18.4 Å². The van der Waals surface area contributed by atoms with Crippen LogP contribution in [0.15, 0.2) is 41.3 Å². The molecule has 0 unspecified atom stereocenters. The number of ether oxygens (including phenoxy) is 2. The van der Waals surface area contributed by atoms with Gasteiger partial charge in [-0.05, 0) is 36.4 Å². The summed E-state index contributed by atoms with van der Waals surface area (Å²) in [5.74, 6) is -1.15. The molecule has 0 radical (unpaired) electrons. The fraction of sp³-hybridized carbons (Fsp3) is 0.458. The zero-order valence-electron chi connectivity index (χ0n) is 19.6. The zero-order chi connectivity index (χ0) is 26.1. The van der Waals surface area contributed by atoms with Crippen LogP contribution in [0.25, 0.3) is 0 Å². The Morgan fingerprint density at radius 3 is 2.28 bits per heavy atom. The summed E-state index contributed by atoms with van der Waals surface area (Å²) in [6.07, 6.45) is -2.49. The van der Waals surface area contributed by atoms with Crippen molar-refractivity contribution in [1.29, 1.82) is 0 Å². The number of hydrogen-bond acceptors (Lipinski definition) is 6. The number of carbonyl (C=O) groups excluding carboxylic acids is 1. The van der Waals surface area contributed by atoms with Crippen LogP contribution < -0.4 is 9.64 Å². The molecule has 12 heteroatoms. The molecule has 7 nitrogen and oxygen atoms in total. The first-order valence-corrected chi connectivity index (χ1v) is 13.3. The summed E-state index contributed by atoms with van der Waals surface area (Å²) in [4.78, 5) is 16.5. The maximum absolute atomic E-state index is 14.4. The molecule has 2 heterocycles. The fourth-order valence-electron chi connectivity index (χ4n) is 4.24. The summed E-state index contributed by atoms with van der Waals surface area (Å²) < 4.78 is 88.5. The maximum Gasteiger partial charge on any atom is 0.416 e. The van der Waals surface area contributed by atoms with E-state index in [1.54, 1.807) is 4.90 Å². The Morgan fingerprint density at radius 2 is 1.69 bits per heavy atom. The summed E-state index contributed by atoms with van der Waals surface area (Å²) in [6.45, 7) is 1.76. The van der Waals surface area contributed by atoms with Gasteiger partial charge < -0.3 is 19.3 Å². The summed E-state index contributed by atoms with van der Waals surface area (Å²) in [7, 11) is -3.58. The van der Waals surface area contributed by atoms with Gasteiger partial charge in [0.15, 0.2) is 9.84 Å². The normalized spacial score (nSPS) is 17.8. The molecule has 2 fully saturated rings. The van der Waals surface area contributed by atoms with Crippen molar-refractivity contribution in [2.75, 3.05) is 50.5 Å². The number of hydrogen-bond donors (Lipinski definition) is 0. The molecule has 36 heavy (non-hydrogen) atoms. The number of nitrogens with zero attached hydrogens (tertiary/aromatic N) is 2. The second kappa shape index (κ2) is 10.3. The summed E-state index contributed by atoms with van der Waals surface area (Å²) in [6, 6.07) is 6.55. The van der Waals surface area contributed by atoms with Crippen molar-refractivity contribution in [2.24, 2.45) is 0 Å². The van der Waals surface area contributed by atoms with Crippen LogP contribution in [0.3, 0.4) is 0 Å². The summed E-state index contributed by atoms with van der Waals surface area (Å²) in [5.41, 5.74) is -0.934. The Hall–Kier alpha value is -2.86. The molecule has 4 rings (SSSR count). The SMILES string of the molecule is CS(=O)(=O)c1ccc(OC2CCOCC2)c(C(=O)N2CCN(c3ccc(C(F)(F)F)cc3F)CC2)c1. The van der Waals surface area contributed by atoms with Gasteiger partial charge in [-0.15, -0.1) is 0 Å². The van der Waals surface area contributed by atoms with Gasteiger partial charge in [-0.25, -0.2) is 12.8 Å². The summed E-state index contributed by atoms with van der Waals surface area (Å²) in [5, 5.41) is 0. The second-order valence-electron chi connectivity index (χ2n) is 8.80. The molecular weight excluding hydrogens is 504 g/mol. The third kappa shape index (κ3) is 5.92. The van der Waals surface area contributed by atoms with Gasteiger partial charge in [0.1, 0.15) is 17.7 Å². The molecule has 0 bridgehead atoms. The van der Waals surface area contributed by atoms with E-state index in [9.17, 15) is 30.8 Å². The van der Waals surface area contributed by atoms with Crippen molar-refractivity contribution in [3.8, 4) is 5.75 Å². The number of benzene rings is 2. The lowest BCUT2D eigenvalue weighted by atomic mass is 10.1. The number of rotatable bonds is 5.